The minimum absolute atomic E-state index is 0.0722. The van der Waals surface area contributed by atoms with Crippen molar-refractivity contribution in [3.8, 4) is 5.75 Å². The number of carboxylic acids is 1. The number of anilines is 3. The van der Waals surface area contributed by atoms with Gasteiger partial charge in [-0.3, -0.25) is 24.2 Å². The number of aliphatic carboxylic acids is 1. The van der Waals surface area contributed by atoms with E-state index in [0.717, 1.165) is 28.8 Å². The number of methoxy groups -OCH3 is 1. The van der Waals surface area contributed by atoms with Gasteiger partial charge in [0, 0.05) is 57.1 Å². The molecule has 0 spiro atoms. The predicted molar refractivity (Wildman–Crippen MR) is 181 cm³/mol. The number of nitrogens with one attached hydrogen (secondary N) is 1. The van der Waals surface area contributed by atoms with Gasteiger partial charge in [-0.15, -0.1) is 0 Å². The fraction of sp³-hybridized carbons (Fsp3) is 0.389. The van der Waals surface area contributed by atoms with Gasteiger partial charge in [0.15, 0.2) is 0 Å². The zero-order valence-corrected chi connectivity index (χ0v) is 27.3. The van der Waals surface area contributed by atoms with Crippen LogP contribution in [0.4, 0.5) is 21.9 Å². The Labute approximate surface area is 279 Å². The standard InChI is InChI=1S/C36H41N5O7/c1-38(27-10-8-25(9-11-27)28-21-40(22-29(28)35(44)45)34(43)23-39-15-17-48-18-16-39)33(42)20-24-7-12-30(32(19-24)47-2)37-36(46)41-14-13-26-5-3-4-6-31(26)41/h3-12,19,28-29H,13-18,20-23H2,1-2H3,(H,37,46)(H,44,45). The summed E-state index contributed by atoms with van der Waals surface area (Å²) in [6.45, 7) is 3.90. The summed E-state index contributed by atoms with van der Waals surface area (Å²) >= 11 is 0. The fourth-order valence-corrected chi connectivity index (χ4v) is 6.71. The highest BCUT2D eigenvalue weighted by molar-refractivity contribution is 6.04. The molecule has 2 saturated heterocycles. The van der Waals surface area contributed by atoms with Crippen LogP contribution in [0, 0.1) is 5.92 Å². The van der Waals surface area contributed by atoms with Gasteiger partial charge in [-0.05, 0) is 53.4 Å². The smallest absolute Gasteiger partial charge is 0.326 e. The summed E-state index contributed by atoms with van der Waals surface area (Å²) < 4.78 is 10.9. The number of nitrogens with zero attached hydrogens (tertiary/aromatic N) is 4. The number of morpholine rings is 1. The number of amides is 4. The molecule has 6 rings (SSSR count). The van der Waals surface area contributed by atoms with Gasteiger partial charge in [0.25, 0.3) is 0 Å². The third-order valence-corrected chi connectivity index (χ3v) is 9.53. The first kappa shape index (κ1) is 33.0. The molecule has 12 heteroatoms. The lowest BCUT2D eigenvalue weighted by Crippen LogP contribution is -2.44. The highest BCUT2D eigenvalue weighted by Gasteiger charge is 2.40. The summed E-state index contributed by atoms with van der Waals surface area (Å²) in [5.41, 5.74) is 4.74. The van der Waals surface area contributed by atoms with Crippen LogP contribution in [-0.4, -0.2) is 105 Å². The van der Waals surface area contributed by atoms with E-state index in [9.17, 15) is 24.3 Å². The molecule has 48 heavy (non-hydrogen) atoms. The van der Waals surface area contributed by atoms with Gasteiger partial charge >= 0.3 is 12.0 Å². The van der Waals surface area contributed by atoms with Crippen LogP contribution in [0.2, 0.25) is 0 Å². The predicted octanol–water partition coefficient (Wildman–Crippen LogP) is 3.45. The minimum atomic E-state index is -0.930. The number of rotatable bonds is 9. The molecular weight excluding hydrogens is 614 g/mol. The number of ether oxygens (including phenoxy) is 2. The Hall–Kier alpha value is -4.94. The Kier molecular flexibility index (Phi) is 9.93. The summed E-state index contributed by atoms with van der Waals surface area (Å²) in [5, 5.41) is 12.9. The SMILES string of the molecule is COc1cc(CC(=O)N(C)c2ccc(C3CN(C(=O)CN4CCOCC4)CC3C(=O)O)cc2)ccc1NC(=O)N1CCc2ccccc21. The summed E-state index contributed by atoms with van der Waals surface area (Å²) in [5.74, 6) is -1.76. The van der Waals surface area contributed by atoms with Crippen LogP contribution >= 0.6 is 0 Å². The molecule has 0 radical (unpaired) electrons. The third-order valence-electron chi connectivity index (χ3n) is 9.53. The molecule has 0 aliphatic carbocycles. The largest absolute Gasteiger partial charge is 0.495 e. The van der Waals surface area contributed by atoms with Gasteiger partial charge in [-0.2, -0.15) is 0 Å². The van der Waals surface area contributed by atoms with Crippen molar-refractivity contribution < 1.29 is 33.8 Å². The number of urea groups is 1. The van der Waals surface area contributed by atoms with Crippen molar-refractivity contribution in [2.75, 3.05) is 81.8 Å². The molecule has 2 N–H and O–H groups in total. The number of fused-ring (bicyclic) bond motifs is 1. The number of para-hydroxylation sites is 1. The van der Waals surface area contributed by atoms with Crippen LogP contribution < -0.4 is 19.9 Å². The number of hydrogen-bond acceptors (Lipinski definition) is 7. The number of carbonyl (C=O) groups excluding carboxylic acids is 3. The molecule has 3 aliphatic heterocycles. The lowest BCUT2D eigenvalue weighted by Gasteiger charge is -2.28. The Bertz CT molecular complexity index is 1670. The van der Waals surface area contributed by atoms with E-state index in [-0.39, 0.29) is 43.3 Å². The molecule has 3 aliphatic rings. The zero-order valence-electron chi connectivity index (χ0n) is 27.3. The molecule has 2 fully saturated rings. The Morgan fingerprint density at radius 2 is 1.73 bits per heavy atom. The van der Waals surface area contributed by atoms with Gasteiger partial charge in [-0.25, -0.2) is 4.79 Å². The van der Waals surface area contributed by atoms with Gasteiger partial charge < -0.3 is 29.7 Å². The summed E-state index contributed by atoms with van der Waals surface area (Å²) in [6.07, 6.45) is 0.906. The highest BCUT2D eigenvalue weighted by atomic mass is 16.5. The first-order chi connectivity index (χ1) is 23.2. The van der Waals surface area contributed by atoms with Crippen molar-refractivity contribution in [1.82, 2.24) is 9.80 Å². The maximum Gasteiger partial charge on any atom is 0.326 e. The first-order valence-corrected chi connectivity index (χ1v) is 16.2. The molecule has 0 saturated carbocycles. The molecular formula is C36H41N5O7. The van der Waals surface area contributed by atoms with E-state index in [1.54, 1.807) is 52.1 Å². The van der Waals surface area contributed by atoms with Crippen molar-refractivity contribution in [2.24, 2.45) is 5.92 Å². The Morgan fingerprint density at radius 1 is 0.979 bits per heavy atom. The number of benzene rings is 3. The first-order valence-electron chi connectivity index (χ1n) is 16.2. The van der Waals surface area contributed by atoms with Crippen molar-refractivity contribution in [3.05, 3.63) is 83.4 Å². The van der Waals surface area contributed by atoms with Gasteiger partial charge in [0.2, 0.25) is 11.8 Å². The molecule has 4 amide bonds. The van der Waals surface area contributed by atoms with Crippen LogP contribution in [0.15, 0.2) is 66.7 Å². The highest BCUT2D eigenvalue weighted by Crippen LogP contribution is 2.35. The fourth-order valence-electron chi connectivity index (χ4n) is 6.71. The van der Waals surface area contributed by atoms with E-state index in [0.29, 0.717) is 56.5 Å². The third kappa shape index (κ3) is 7.14. The second kappa shape index (κ2) is 14.4. The average Bonchev–Trinajstić information content (AvgIpc) is 3.75. The van der Waals surface area contributed by atoms with E-state index >= 15 is 0 Å². The van der Waals surface area contributed by atoms with Crippen LogP contribution in [-0.2, 0) is 32.0 Å². The molecule has 3 aromatic rings. The Balaban J connectivity index is 1.07. The molecule has 0 aromatic heterocycles. The number of carboxylic acid groups (broad SMARTS) is 1. The average molecular weight is 656 g/mol. The van der Waals surface area contributed by atoms with Gasteiger partial charge in [-0.1, -0.05) is 36.4 Å². The molecule has 252 valence electrons. The van der Waals surface area contributed by atoms with Crippen LogP contribution in [0.25, 0.3) is 0 Å². The second-order valence-electron chi connectivity index (χ2n) is 12.5. The lowest BCUT2D eigenvalue weighted by atomic mass is 9.89. The van der Waals surface area contributed by atoms with Crippen molar-refractivity contribution in [3.63, 3.8) is 0 Å². The van der Waals surface area contributed by atoms with Crippen molar-refractivity contribution >= 4 is 40.9 Å². The second-order valence-corrected chi connectivity index (χ2v) is 12.5. The topological polar surface area (TPSA) is 132 Å². The van der Waals surface area contributed by atoms with Gasteiger partial charge in [0.1, 0.15) is 5.75 Å². The van der Waals surface area contributed by atoms with Crippen molar-refractivity contribution in [2.45, 2.75) is 18.8 Å². The molecule has 2 unspecified atom stereocenters. The number of likely N-dealkylation sites (N-methyl/N-ethyl adjacent to an activating group) is 1. The number of likely N-dealkylation sites (tertiary alicyclic amines) is 1. The van der Waals surface area contributed by atoms with Crippen LogP contribution in [0.5, 0.6) is 5.75 Å². The van der Waals surface area contributed by atoms with E-state index in [2.05, 4.69) is 5.32 Å². The van der Waals surface area contributed by atoms with E-state index in [1.807, 2.05) is 41.3 Å². The number of hydrogen-bond donors (Lipinski definition) is 2. The lowest BCUT2D eigenvalue weighted by molar-refractivity contribution is -0.142. The quantitative estimate of drug-likeness (QED) is 0.359. The molecule has 3 heterocycles. The van der Waals surface area contributed by atoms with Crippen LogP contribution in [0.1, 0.15) is 22.6 Å². The van der Waals surface area contributed by atoms with Gasteiger partial charge in [0.05, 0.1) is 44.9 Å². The minimum Gasteiger partial charge on any atom is -0.495 e. The molecule has 2 atom stereocenters. The van der Waals surface area contributed by atoms with E-state index < -0.39 is 11.9 Å². The summed E-state index contributed by atoms with van der Waals surface area (Å²) in [4.78, 5) is 58.5. The molecule has 3 aromatic carbocycles. The van der Waals surface area contributed by atoms with E-state index in [4.69, 9.17) is 9.47 Å². The zero-order chi connectivity index (χ0) is 33.8. The molecule has 0 bridgehead atoms. The maximum absolute atomic E-state index is 13.3. The van der Waals surface area contributed by atoms with Crippen LogP contribution in [0.3, 0.4) is 0 Å². The normalized spacial score (nSPS) is 19.1. The van der Waals surface area contributed by atoms with E-state index in [1.165, 1.54) is 7.11 Å². The van der Waals surface area contributed by atoms with Crippen molar-refractivity contribution in [1.29, 1.82) is 0 Å². The monoisotopic (exact) mass is 655 g/mol. The molecule has 12 nitrogen and oxygen atoms in total. The summed E-state index contributed by atoms with van der Waals surface area (Å²) in [7, 11) is 3.21. The Morgan fingerprint density at radius 3 is 2.46 bits per heavy atom. The summed E-state index contributed by atoms with van der Waals surface area (Å²) in [6, 6.07) is 20.2. The maximum atomic E-state index is 13.3. The number of carbonyl (C=O) groups is 4.